The van der Waals surface area contributed by atoms with Crippen LogP contribution in [0.5, 0.6) is 0 Å². The molecule has 0 heterocycles. The van der Waals surface area contributed by atoms with Gasteiger partial charge in [0.25, 0.3) is 5.69 Å². The van der Waals surface area contributed by atoms with Crippen molar-refractivity contribution < 1.29 is 10.0 Å². The highest BCUT2D eigenvalue weighted by atomic mass is 16.6. The van der Waals surface area contributed by atoms with Gasteiger partial charge in [-0.2, -0.15) is 0 Å². The molecular formula is C16H26N2O3. The van der Waals surface area contributed by atoms with Crippen LogP contribution in [0.1, 0.15) is 58.6 Å². The largest absolute Gasteiger partial charge is 0.389 e. The summed E-state index contributed by atoms with van der Waals surface area (Å²) < 4.78 is 0. The molecule has 0 fully saturated rings. The maximum absolute atomic E-state index is 11.4. The zero-order valence-electron chi connectivity index (χ0n) is 13.4. The highest BCUT2D eigenvalue weighted by Gasteiger charge is 2.23. The van der Waals surface area contributed by atoms with Gasteiger partial charge < -0.3 is 10.0 Å². The van der Waals surface area contributed by atoms with Crippen molar-refractivity contribution in [3.05, 3.63) is 33.9 Å². The van der Waals surface area contributed by atoms with Gasteiger partial charge in [-0.15, -0.1) is 0 Å². The van der Waals surface area contributed by atoms with Gasteiger partial charge >= 0.3 is 0 Å². The second-order valence-electron chi connectivity index (χ2n) is 5.49. The number of aliphatic hydroxyl groups excluding tert-OH is 1. The number of rotatable bonds is 8. The molecule has 0 saturated carbocycles. The normalized spacial score (nSPS) is 13.8. The summed E-state index contributed by atoms with van der Waals surface area (Å²) in [6, 6.07) is 5.27. The van der Waals surface area contributed by atoms with E-state index in [1.165, 1.54) is 6.07 Å². The van der Waals surface area contributed by atoms with E-state index >= 15 is 0 Å². The molecule has 0 saturated heterocycles. The smallest absolute Gasteiger partial charge is 0.292 e. The summed E-state index contributed by atoms with van der Waals surface area (Å²) in [7, 11) is 0. The summed E-state index contributed by atoms with van der Waals surface area (Å²) in [4.78, 5) is 13.1. The van der Waals surface area contributed by atoms with Crippen molar-refractivity contribution in [1.29, 1.82) is 0 Å². The second-order valence-corrected chi connectivity index (χ2v) is 5.49. The molecule has 1 aromatic carbocycles. The average molecular weight is 294 g/mol. The van der Waals surface area contributed by atoms with Crippen molar-refractivity contribution in [2.24, 2.45) is 0 Å². The van der Waals surface area contributed by atoms with Crippen molar-refractivity contribution in [3.8, 4) is 0 Å². The Balaban J connectivity index is 3.25. The molecule has 2 atom stereocenters. The molecule has 0 bridgehead atoms. The Kier molecular flexibility index (Phi) is 6.62. The molecule has 0 radical (unpaired) electrons. The molecule has 0 aromatic heterocycles. The van der Waals surface area contributed by atoms with Gasteiger partial charge in [0.1, 0.15) is 5.69 Å². The molecule has 21 heavy (non-hydrogen) atoms. The molecule has 0 aliphatic heterocycles. The lowest BCUT2D eigenvalue weighted by atomic mass is 10.1. The first-order chi connectivity index (χ1) is 9.92. The van der Waals surface area contributed by atoms with Crippen molar-refractivity contribution in [2.45, 2.75) is 59.1 Å². The predicted molar refractivity (Wildman–Crippen MR) is 85.7 cm³/mol. The lowest BCUT2D eigenvalue weighted by Crippen LogP contribution is -2.34. The first-order valence-electron chi connectivity index (χ1n) is 7.65. The number of aliphatic hydroxyl groups is 1. The van der Waals surface area contributed by atoms with E-state index in [-0.39, 0.29) is 16.7 Å². The van der Waals surface area contributed by atoms with Gasteiger partial charge in [0.15, 0.2) is 0 Å². The lowest BCUT2D eigenvalue weighted by molar-refractivity contribution is -0.384. The number of anilines is 1. The average Bonchev–Trinajstić information content (AvgIpc) is 2.46. The minimum atomic E-state index is -0.703. The zero-order chi connectivity index (χ0) is 16.0. The molecule has 0 aliphatic carbocycles. The molecule has 5 nitrogen and oxygen atoms in total. The predicted octanol–water partition coefficient (Wildman–Crippen LogP) is 4.05. The van der Waals surface area contributed by atoms with E-state index in [2.05, 4.69) is 25.7 Å². The van der Waals surface area contributed by atoms with Gasteiger partial charge in [-0.3, -0.25) is 10.1 Å². The molecule has 1 N–H and O–H groups in total. The van der Waals surface area contributed by atoms with Crippen LogP contribution in [0.3, 0.4) is 0 Å². The van der Waals surface area contributed by atoms with Gasteiger partial charge in [0, 0.05) is 18.7 Å². The van der Waals surface area contributed by atoms with E-state index in [9.17, 15) is 15.2 Å². The Morgan fingerprint density at radius 3 is 2.48 bits per heavy atom. The van der Waals surface area contributed by atoms with Gasteiger partial charge in [0.2, 0.25) is 0 Å². The molecule has 0 amide bonds. The van der Waals surface area contributed by atoms with E-state index < -0.39 is 6.10 Å². The zero-order valence-corrected chi connectivity index (χ0v) is 13.4. The molecule has 1 unspecified atom stereocenters. The molecule has 5 heteroatoms. The molecule has 1 rings (SSSR count). The van der Waals surface area contributed by atoms with Crippen LogP contribution in [-0.4, -0.2) is 22.6 Å². The number of nitrogens with zero attached hydrogens (tertiary/aromatic N) is 2. The van der Waals surface area contributed by atoms with Crippen LogP contribution in [0.15, 0.2) is 18.2 Å². The SMILES string of the molecule is CCCCN(c1ccc([C@H](C)O)cc1[N+](=O)[O-])C(C)CC. The number of hydrogen-bond acceptors (Lipinski definition) is 4. The summed E-state index contributed by atoms with van der Waals surface area (Å²) in [6.45, 7) is 8.70. The van der Waals surface area contributed by atoms with Gasteiger partial charge in [-0.25, -0.2) is 0 Å². The number of benzene rings is 1. The first kappa shape index (κ1) is 17.4. The van der Waals surface area contributed by atoms with Crippen molar-refractivity contribution >= 4 is 11.4 Å². The summed E-state index contributed by atoms with van der Waals surface area (Å²) in [5.41, 5.74) is 1.29. The van der Waals surface area contributed by atoms with E-state index in [0.717, 1.165) is 25.8 Å². The maximum atomic E-state index is 11.4. The third-order valence-electron chi connectivity index (χ3n) is 3.86. The Bertz CT molecular complexity index is 475. The van der Waals surface area contributed by atoms with Crippen LogP contribution in [0.25, 0.3) is 0 Å². The van der Waals surface area contributed by atoms with Gasteiger partial charge in [0.05, 0.1) is 11.0 Å². The van der Waals surface area contributed by atoms with Crippen LogP contribution in [0.2, 0.25) is 0 Å². The maximum Gasteiger partial charge on any atom is 0.292 e. The Hall–Kier alpha value is -1.62. The van der Waals surface area contributed by atoms with E-state index in [1.54, 1.807) is 19.1 Å². The Morgan fingerprint density at radius 2 is 2.00 bits per heavy atom. The summed E-state index contributed by atoms with van der Waals surface area (Å²) >= 11 is 0. The highest BCUT2D eigenvalue weighted by Crippen LogP contribution is 2.33. The fourth-order valence-corrected chi connectivity index (χ4v) is 2.32. The van der Waals surface area contributed by atoms with Gasteiger partial charge in [-0.05, 0) is 38.3 Å². The van der Waals surface area contributed by atoms with Crippen LogP contribution >= 0.6 is 0 Å². The Labute approximate surface area is 126 Å². The highest BCUT2D eigenvalue weighted by molar-refractivity contribution is 5.65. The van der Waals surface area contributed by atoms with Crippen LogP contribution in [0, 0.1) is 10.1 Å². The second kappa shape index (κ2) is 7.98. The molecule has 118 valence electrons. The van der Waals surface area contributed by atoms with Crippen molar-refractivity contribution in [2.75, 3.05) is 11.4 Å². The van der Waals surface area contributed by atoms with E-state index in [0.29, 0.717) is 11.3 Å². The minimum Gasteiger partial charge on any atom is -0.389 e. The Morgan fingerprint density at radius 1 is 1.33 bits per heavy atom. The standard InChI is InChI=1S/C16H26N2O3/c1-5-7-10-17(12(3)6-2)15-9-8-14(13(4)19)11-16(15)18(20)21/h8-9,11-13,19H,5-7,10H2,1-4H3/t12?,13-/m0/s1. The van der Waals surface area contributed by atoms with Gasteiger partial charge in [-0.1, -0.05) is 26.3 Å². The summed E-state index contributed by atoms with van der Waals surface area (Å²) in [5.74, 6) is 0. The van der Waals surface area contributed by atoms with E-state index in [4.69, 9.17) is 0 Å². The number of nitro groups is 1. The fourth-order valence-electron chi connectivity index (χ4n) is 2.32. The topological polar surface area (TPSA) is 66.6 Å². The minimum absolute atomic E-state index is 0.0739. The van der Waals surface area contributed by atoms with Crippen molar-refractivity contribution in [3.63, 3.8) is 0 Å². The summed E-state index contributed by atoms with van der Waals surface area (Å²) in [5, 5.41) is 21.0. The molecule has 0 spiro atoms. The number of hydrogen-bond donors (Lipinski definition) is 1. The fraction of sp³-hybridized carbons (Fsp3) is 0.625. The number of unbranched alkanes of at least 4 members (excludes halogenated alkanes) is 1. The monoisotopic (exact) mass is 294 g/mol. The van der Waals surface area contributed by atoms with E-state index in [1.807, 2.05) is 0 Å². The lowest BCUT2D eigenvalue weighted by Gasteiger charge is -2.30. The molecule has 0 aliphatic rings. The summed E-state index contributed by atoms with van der Waals surface area (Å²) in [6.07, 6.45) is 2.27. The molecular weight excluding hydrogens is 268 g/mol. The third kappa shape index (κ3) is 4.43. The third-order valence-corrected chi connectivity index (χ3v) is 3.86. The van der Waals surface area contributed by atoms with Crippen LogP contribution < -0.4 is 4.90 Å². The van der Waals surface area contributed by atoms with Crippen LogP contribution in [-0.2, 0) is 0 Å². The van der Waals surface area contributed by atoms with Crippen LogP contribution in [0.4, 0.5) is 11.4 Å². The first-order valence-corrected chi connectivity index (χ1v) is 7.65. The number of nitro benzene ring substituents is 1. The van der Waals surface area contributed by atoms with Crippen molar-refractivity contribution in [1.82, 2.24) is 0 Å². The molecule has 1 aromatic rings. The quantitative estimate of drug-likeness (QED) is 0.580.